The van der Waals surface area contributed by atoms with Gasteiger partial charge in [0.2, 0.25) is 0 Å². The molecule has 2 aliphatic rings. The van der Waals surface area contributed by atoms with Gasteiger partial charge in [0.05, 0.1) is 0 Å². The molecule has 4 rings (SSSR count). The molecular formula is C18H18N2O. The van der Waals surface area contributed by atoms with Crippen LogP contribution in [0.4, 0.5) is 0 Å². The Morgan fingerprint density at radius 1 is 1.00 bits per heavy atom. The molecule has 0 radical (unpaired) electrons. The van der Waals surface area contributed by atoms with E-state index in [0.717, 1.165) is 31.6 Å². The molecule has 0 bridgehead atoms. The predicted molar refractivity (Wildman–Crippen MR) is 81.9 cm³/mol. The molecule has 0 spiro atoms. The largest absolute Gasteiger partial charge is 0.334 e. The van der Waals surface area contributed by atoms with Crippen molar-refractivity contribution in [1.29, 1.82) is 0 Å². The minimum atomic E-state index is 0.162. The lowest BCUT2D eigenvalue weighted by Gasteiger charge is -2.28. The van der Waals surface area contributed by atoms with E-state index in [1.54, 1.807) is 0 Å². The van der Waals surface area contributed by atoms with Crippen LogP contribution in [0.1, 0.15) is 32.6 Å². The summed E-state index contributed by atoms with van der Waals surface area (Å²) in [5.41, 5.74) is 6.03. The molecule has 2 aromatic carbocycles. The van der Waals surface area contributed by atoms with Crippen LogP contribution in [0, 0.1) is 0 Å². The zero-order valence-corrected chi connectivity index (χ0v) is 11.9. The van der Waals surface area contributed by atoms with Gasteiger partial charge in [0.1, 0.15) is 0 Å². The van der Waals surface area contributed by atoms with E-state index in [-0.39, 0.29) is 5.91 Å². The van der Waals surface area contributed by atoms with Crippen LogP contribution in [0.2, 0.25) is 0 Å². The van der Waals surface area contributed by atoms with Crippen LogP contribution in [0.3, 0.4) is 0 Å². The van der Waals surface area contributed by atoms with Gasteiger partial charge in [0.15, 0.2) is 0 Å². The molecule has 21 heavy (non-hydrogen) atoms. The van der Waals surface area contributed by atoms with E-state index in [2.05, 4.69) is 29.6 Å². The summed E-state index contributed by atoms with van der Waals surface area (Å²) in [6, 6.07) is 14.5. The minimum absolute atomic E-state index is 0.162. The first-order valence-corrected chi connectivity index (χ1v) is 7.50. The SMILES string of the molecule is O=C1c2ccccc2CCN1Cc1ccc2c(c1)CNC2. The third-order valence-corrected chi connectivity index (χ3v) is 4.46. The maximum absolute atomic E-state index is 12.6. The standard InChI is InChI=1S/C18H18N2O/c21-18-17-4-2-1-3-14(17)7-8-20(18)12-13-5-6-15-10-19-11-16(15)9-13/h1-6,9,19H,7-8,10-12H2. The minimum Gasteiger partial charge on any atom is -0.334 e. The lowest BCUT2D eigenvalue weighted by Crippen LogP contribution is -2.36. The van der Waals surface area contributed by atoms with Crippen molar-refractivity contribution in [3.63, 3.8) is 0 Å². The Bertz CT molecular complexity index is 708. The second kappa shape index (κ2) is 5.01. The first kappa shape index (κ1) is 12.6. The molecule has 0 fully saturated rings. The van der Waals surface area contributed by atoms with E-state index in [9.17, 15) is 4.79 Å². The molecule has 3 heteroatoms. The highest BCUT2D eigenvalue weighted by molar-refractivity contribution is 5.96. The first-order chi connectivity index (χ1) is 10.3. The van der Waals surface area contributed by atoms with Gasteiger partial charge in [0, 0.05) is 31.7 Å². The van der Waals surface area contributed by atoms with E-state index < -0.39 is 0 Å². The highest BCUT2D eigenvalue weighted by atomic mass is 16.2. The molecule has 0 saturated carbocycles. The normalized spacial score (nSPS) is 16.8. The lowest BCUT2D eigenvalue weighted by molar-refractivity contribution is 0.0727. The number of nitrogens with one attached hydrogen (secondary N) is 1. The topological polar surface area (TPSA) is 32.3 Å². The van der Waals surface area contributed by atoms with Gasteiger partial charge in [-0.05, 0) is 34.7 Å². The smallest absolute Gasteiger partial charge is 0.254 e. The Kier molecular flexibility index (Phi) is 3.00. The van der Waals surface area contributed by atoms with Gasteiger partial charge in [-0.15, -0.1) is 0 Å². The zero-order valence-electron chi connectivity index (χ0n) is 11.9. The maximum Gasteiger partial charge on any atom is 0.254 e. The molecule has 0 unspecified atom stereocenters. The quantitative estimate of drug-likeness (QED) is 0.915. The predicted octanol–water partition coefficient (Wildman–Crippen LogP) is 2.49. The summed E-state index contributed by atoms with van der Waals surface area (Å²) in [6.45, 7) is 3.43. The van der Waals surface area contributed by atoms with Crippen molar-refractivity contribution >= 4 is 5.91 Å². The van der Waals surface area contributed by atoms with Crippen LogP contribution in [0.25, 0.3) is 0 Å². The highest BCUT2D eigenvalue weighted by Crippen LogP contribution is 2.22. The molecule has 106 valence electrons. The summed E-state index contributed by atoms with van der Waals surface area (Å²) in [5.74, 6) is 0.162. The van der Waals surface area contributed by atoms with E-state index in [1.807, 2.05) is 23.1 Å². The first-order valence-electron chi connectivity index (χ1n) is 7.50. The second-order valence-corrected chi connectivity index (χ2v) is 5.84. The number of carbonyl (C=O) groups excluding carboxylic acids is 1. The molecule has 1 N–H and O–H groups in total. The van der Waals surface area contributed by atoms with Crippen molar-refractivity contribution in [1.82, 2.24) is 10.2 Å². The van der Waals surface area contributed by atoms with Crippen LogP contribution in [0.15, 0.2) is 42.5 Å². The van der Waals surface area contributed by atoms with Crippen molar-refractivity contribution in [2.75, 3.05) is 6.54 Å². The van der Waals surface area contributed by atoms with E-state index >= 15 is 0 Å². The third kappa shape index (κ3) is 2.24. The van der Waals surface area contributed by atoms with Gasteiger partial charge >= 0.3 is 0 Å². The summed E-state index contributed by atoms with van der Waals surface area (Å²) < 4.78 is 0. The summed E-state index contributed by atoms with van der Waals surface area (Å²) in [6.07, 6.45) is 0.953. The summed E-state index contributed by atoms with van der Waals surface area (Å²) in [4.78, 5) is 14.5. The van der Waals surface area contributed by atoms with Crippen LogP contribution >= 0.6 is 0 Å². The van der Waals surface area contributed by atoms with Crippen LogP contribution in [-0.2, 0) is 26.1 Å². The van der Waals surface area contributed by atoms with E-state index in [4.69, 9.17) is 0 Å². The fraction of sp³-hybridized carbons (Fsp3) is 0.278. The summed E-state index contributed by atoms with van der Waals surface area (Å²) in [7, 11) is 0. The fourth-order valence-corrected chi connectivity index (χ4v) is 3.29. The number of hydrogen-bond acceptors (Lipinski definition) is 2. The molecule has 1 amide bonds. The number of nitrogens with zero attached hydrogens (tertiary/aromatic N) is 1. The van der Waals surface area contributed by atoms with Crippen LogP contribution in [0.5, 0.6) is 0 Å². The van der Waals surface area contributed by atoms with Crippen LogP contribution in [-0.4, -0.2) is 17.4 Å². The summed E-state index contributed by atoms with van der Waals surface area (Å²) >= 11 is 0. The van der Waals surface area contributed by atoms with E-state index in [0.29, 0.717) is 6.54 Å². The number of amides is 1. The average molecular weight is 278 g/mol. The van der Waals surface area contributed by atoms with Gasteiger partial charge in [0.25, 0.3) is 5.91 Å². The van der Waals surface area contributed by atoms with Crippen molar-refractivity contribution in [2.24, 2.45) is 0 Å². The average Bonchev–Trinajstić information content (AvgIpc) is 2.98. The Morgan fingerprint density at radius 3 is 2.81 bits per heavy atom. The van der Waals surface area contributed by atoms with Crippen molar-refractivity contribution in [3.05, 3.63) is 70.3 Å². The number of benzene rings is 2. The number of hydrogen-bond donors (Lipinski definition) is 1. The maximum atomic E-state index is 12.6. The molecule has 0 atom stereocenters. The van der Waals surface area contributed by atoms with Gasteiger partial charge < -0.3 is 10.2 Å². The molecule has 0 saturated heterocycles. The summed E-state index contributed by atoms with van der Waals surface area (Å²) in [5, 5.41) is 3.36. The van der Waals surface area contributed by atoms with E-state index in [1.165, 1.54) is 22.3 Å². The van der Waals surface area contributed by atoms with Gasteiger partial charge in [-0.1, -0.05) is 36.4 Å². The number of rotatable bonds is 2. The van der Waals surface area contributed by atoms with Crippen molar-refractivity contribution in [2.45, 2.75) is 26.1 Å². The molecule has 0 aliphatic carbocycles. The number of carbonyl (C=O) groups is 1. The van der Waals surface area contributed by atoms with Gasteiger partial charge in [-0.25, -0.2) is 0 Å². The van der Waals surface area contributed by atoms with Gasteiger partial charge in [-0.2, -0.15) is 0 Å². The number of fused-ring (bicyclic) bond motifs is 2. The Morgan fingerprint density at radius 2 is 1.86 bits per heavy atom. The molecule has 2 aliphatic heterocycles. The van der Waals surface area contributed by atoms with Crippen molar-refractivity contribution < 1.29 is 4.79 Å². The monoisotopic (exact) mass is 278 g/mol. The molecule has 0 aromatic heterocycles. The second-order valence-electron chi connectivity index (χ2n) is 5.84. The molecule has 2 heterocycles. The van der Waals surface area contributed by atoms with Crippen molar-refractivity contribution in [3.8, 4) is 0 Å². The fourth-order valence-electron chi connectivity index (χ4n) is 3.29. The Hall–Kier alpha value is -2.13. The third-order valence-electron chi connectivity index (χ3n) is 4.46. The Balaban J connectivity index is 1.57. The van der Waals surface area contributed by atoms with Crippen LogP contribution < -0.4 is 5.32 Å². The highest BCUT2D eigenvalue weighted by Gasteiger charge is 2.24. The molecular weight excluding hydrogens is 260 g/mol. The Labute approximate surface area is 124 Å². The van der Waals surface area contributed by atoms with Gasteiger partial charge in [-0.3, -0.25) is 4.79 Å². The lowest BCUT2D eigenvalue weighted by atomic mass is 9.98. The molecule has 3 nitrogen and oxygen atoms in total. The molecule has 2 aromatic rings. The zero-order chi connectivity index (χ0) is 14.2.